The van der Waals surface area contributed by atoms with Crippen molar-refractivity contribution in [3.05, 3.63) is 11.9 Å². The molecule has 0 unspecified atom stereocenters. The minimum absolute atomic E-state index is 0.0374. The molecule has 1 aromatic rings. The molecule has 0 fully saturated rings. The van der Waals surface area contributed by atoms with E-state index in [-0.39, 0.29) is 12.0 Å². The molecule has 0 radical (unpaired) electrons. The predicted molar refractivity (Wildman–Crippen MR) is 39.6 cm³/mol. The van der Waals surface area contributed by atoms with Gasteiger partial charge in [-0.3, -0.25) is 0 Å². The Balaban J connectivity index is 2.90. The zero-order chi connectivity index (χ0) is 7.56. The van der Waals surface area contributed by atoms with Crippen LogP contribution in [-0.4, -0.2) is 20.1 Å². The van der Waals surface area contributed by atoms with Crippen LogP contribution in [0, 0.1) is 0 Å². The number of hydrogen-bond donors (Lipinski definition) is 2. The van der Waals surface area contributed by atoms with E-state index in [2.05, 4.69) is 22.9 Å². The molecular formula is C5H9N3OS. The first kappa shape index (κ1) is 7.56. The standard InChI is InChI=1S/C5H9N3OS/c1-4(10)8-5(3-9)2-6-7-8/h2,4,9-10H,3H2,1H3/t4-/m0/s1. The van der Waals surface area contributed by atoms with Crippen LogP contribution in [0.4, 0.5) is 0 Å². The lowest BCUT2D eigenvalue weighted by molar-refractivity contribution is 0.268. The Morgan fingerprint density at radius 2 is 2.60 bits per heavy atom. The first-order valence-corrected chi connectivity index (χ1v) is 3.45. The van der Waals surface area contributed by atoms with Crippen LogP contribution in [-0.2, 0) is 6.61 Å². The Hall–Kier alpha value is -0.550. The maximum Gasteiger partial charge on any atom is 0.0936 e. The molecule has 5 heteroatoms. The van der Waals surface area contributed by atoms with E-state index < -0.39 is 0 Å². The fourth-order valence-electron chi connectivity index (χ4n) is 0.693. The van der Waals surface area contributed by atoms with E-state index in [9.17, 15) is 0 Å². The summed E-state index contributed by atoms with van der Waals surface area (Å²) >= 11 is 4.13. The number of thiol groups is 1. The Bertz CT molecular complexity index is 210. The normalized spacial score (nSPS) is 13.5. The molecule has 1 N–H and O–H groups in total. The number of rotatable bonds is 2. The topological polar surface area (TPSA) is 50.9 Å². The highest BCUT2D eigenvalue weighted by atomic mass is 32.1. The SMILES string of the molecule is C[C@H](S)n1nncc1CO. The number of hydrogen-bond acceptors (Lipinski definition) is 4. The molecule has 0 saturated heterocycles. The van der Waals surface area contributed by atoms with E-state index in [1.165, 1.54) is 6.20 Å². The Morgan fingerprint density at radius 1 is 1.90 bits per heavy atom. The smallest absolute Gasteiger partial charge is 0.0936 e. The van der Waals surface area contributed by atoms with Gasteiger partial charge < -0.3 is 5.11 Å². The van der Waals surface area contributed by atoms with Crippen molar-refractivity contribution in [2.24, 2.45) is 0 Å². The molecule has 0 bridgehead atoms. The quantitative estimate of drug-likeness (QED) is 0.607. The van der Waals surface area contributed by atoms with Crippen LogP contribution in [0.25, 0.3) is 0 Å². The lowest BCUT2D eigenvalue weighted by atomic mass is 10.5. The van der Waals surface area contributed by atoms with Gasteiger partial charge in [0, 0.05) is 0 Å². The third-order valence-corrected chi connectivity index (χ3v) is 1.38. The Labute approximate surface area is 64.3 Å². The molecule has 1 rings (SSSR count). The first-order valence-electron chi connectivity index (χ1n) is 2.93. The Morgan fingerprint density at radius 3 is 3.00 bits per heavy atom. The molecule has 0 aliphatic carbocycles. The molecule has 1 aromatic heterocycles. The van der Waals surface area contributed by atoms with Gasteiger partial charge in [0.25, 0.3) is 0 Å². The molecule has 1 atom stereocenters. The lowest BCUT2D eigenvalue weighted by Crippen LogP contribution is -2.05. The first-order chi connectivity index (χ1) is 4.75. The van der Waals surface area contributed by atoms with Gasteiger partial charge >= 0.3 is 0 Å². The van der Waals surface area contributed by atoms with Crippen molar-refractivity contribution in [1.29, 1.82) is 0 Å². The largest absolute Gasteiger partial charge is 0.390 e. The monoisotopic (exact) mass is 159 g/mol. The lowest BCUT2D eigenvalue weighted by Gasteiger charge is -2.05. The van der Waals surface area contributed by atoms with Gasteiger partial charge in [0.1, 0.15) is 0 Å². The molecule has 0 spiro atoms. The highest BCUT2D eigenvalue weighted by Crippen LogP contribution is 2.10. The molecular weight excluding hydrogens is 150 g/mol. The van der Waals surface area contributed by atoms with E-state index in [1.807, 2.05) is 6.92 Å². The number of aliphatic hydroxyl groups excluding tert-OH is 1. The van der Waals surface area contributed by atoms with Crippen LogP contribution in [0.15, 0.2) is 6.20 Å². The second kappa shape index (κ2) is 3.03. The molecule has 0 aliphatic heterocycles. The summed E-state index contributed by atoms with van der Waals surface area (Å²) in [6, 6.07) is 0. The van der Waals surface area contributed by atoms with Gasteiger partial charge in [-0.15, -0.1) is 5.10 Å². The number of nitrogens with zero attached hydrogens (tertiary/aromatic N) is 3. The maximum absolute atomic E-state index is 8.72. The predicted octanol–water partition coefficient (Wildman–Crippen LogP) is 0.219. The van der Waals surface area contributed by atoms with Crippen molar-refractivity contribution >= 4 is 12.6 Å². The van der Waals surface area contributed by atoms with Gasteiger partial charge in [0.15, 0.2) is 0 Å². The van der Waals surface area contributed by atoms with Crippen LogP contribution < -0.4 is 0 Å². The summed E-state index contributed by atoms with van der Waals surface area (Å²) in [5.74, 6) is 0. The Kier molecular flexibility index (Phi) is 2.29. The molecule has 0 saturated carbocycles. The number of aromatic nitrogens is 3. The van der Waals surface area contributed by atoms with E-state index in [0.717, 1.165) is 0 Å². The number of aliphatic hydroxyl groups is 1. The van der Waals surface area contributed by atoms with Gasteiger partial charge in [-0.1, -0.05) is 5.21 Å². The third kappa shape index (κ3) is 1.30. The summed E-state index contributed by atoms with van der Waals surface area (Å²) in [5, 5.41) is 16.0. The van der Waals surface area contributed by atoms with Gasteiger partial charge in [-0.25, -0.2) is 4.68 Å². The molecule has 4 nitrogen and oxygen atoms in total. The average molecular weight is 159 g/mol. The van der Waals surface area contributed by atoms with Crippen molar-refractivity contribution in [2.75, 3.05) is 0 Å². The molecule has 0 aliphatic rings. The third-order valence-electron chi connectivity index (χ3n) is 1.16. The molecule has 1 heterocycles. The van der Waals surface area contributed by atoms with Crippen molar-refractivity contribution in [3.8, 4) is 0 Å². The van der Waals surface area contributed by atoms with E-state index in [0.29, 0.717) is 5.69 Å². The average Bonchev–Trinajstić information content (AvgIpc) is 2.33. The van der Waals surface area contributed by atoms with Crippen molar-refractivity contribution < 1.29 is 5.11 Å². The van der Waals surface area contributed by atoms with Gasteiger partial charge in [0.2, 0.25) is 0 Å². The highest BCUT2D eigenvalue weighted by molar-refractivity contribution is 7.80. The maximum atomic E-state index is 8.72. The van der Waals surface area contributed by atoms with E-state index >= 15 is 0 Å². The minimum Gasteiger partial charge on any atom is -0.390 e. The van der Waals surface area contributed by atoms with E-state index in [1.54, 1.807) is 4.68 Å². The van der Waals surface area contributed by atoms with Gasteiger partial charge in [-0.2, -0.15) is 12.6 Å². The van der Waals surface area contributed by atoms with Crippen LogP contribution in [0.3, 0.4) is 0 Å². The van der Waals surface area contributed by atoms with Crippen molar-refractivity contribution in [3.63, 3.8) is 0 Å². The van der Waals surface area contributed by atoms with Crippen LogP contribution in [0.2, 0.25) is 0 Å². The summed E-state index contributed by atoms with van der Waals surface area (Å²) in [6.45, 7) is 1.81. The molecule has 56 valence electrons. The molecule has 10 heavy (non-hydrogen) atoms. The van der Waals surface area contributed by atoms with Gasteiger partial charge in [0.05, 0.1) is 23.9 Å². The summed E-state index contributed by atoms with van der Waals surface area (Å²) in [6.07, 6.45) is 1.52. The fourth-order valence-corrected chi connectivity index (χ4v) is 0.887. The van der Waals surface area contributed by atoms with Crippen LogP contribution in [0.5, 0.6) is 0 Å². The van der Waals surface area contributed by atoms with Crippen molar-refractivity contribution in [2.45, 2.75) is 18.9 Å². The van der Waals surface area contributed by atoms with Crippen LogP contribution in [0.1, 0.15) is 18.0 Å². The van der Waals surface area contributed by atoms with E-state index in [4.69, 9.17) is 5.11 Å². The zero-order valence-corrected chi connectivity index (χ0v) is 6.49. The summed E-state index contributed by atoms with van der Waals surface area (Å²) < 4.78 is 1.56. The second-order valence-corrected chi connectivity index (χ2v) is 2.71. The zero-order valence-electron chi connectivity index (χ0n) is 5.60. The molecule has 0 amide bonds. The molecule has 0 aromatic carbocycles. The van der Waals surface area contributed by atoms with Crippen LogP contribution >= 0.6 is 12.6 Å². The summed E-state index contributed by atoms with van der Waals surface area (Å²) in [7, 11) is 0. The van der Waals surface area contributed by atoms with Crippen molar-refractivity contribution in [1.82, 2.24) is 15.0 Å². The van der Waals surface area contributed by atoms with Gasteiger partial charge in [-0.05, 0) is 6.92 Å². The second-order valence-electron chi connectivity index (χ2n) is 1.96. The minimum atomic E-state index is -0.0437. The summed E-state index contributed by atoms with van der Waals surface area (Å²) in [5.41, 5.74) is 0.683. The highest BCUT2D eigenvalue weighted by Gasteiger charge is 2.04. The summed E-state index contributed by atoms with van der Waals surface area (Å²) in [4.78, 5) is 0. The fraction of sp³-hybridized carbons (Fsp3) is 0.600.